The summed E-state index contributed by atoms with van der Waals surface area (Å²) >= 11 is 0. The second-order valence-corrected chi connectivity index (χ2v) is 9.56. The zero-order valence-electron chi connectivity index (χ0n) is 19.8. The molecule has 2 aromatic carbocycles. The Morgan fingerprint density at radius 3 is 2.06 bits per heavy atom. The molecule has 0 spiro atoms. The molecule has 2 aromatic rings. The predicted octanol–water partition coefficient (Wildman–Crippen LogP) is 4.16. The molecule has 32 heavy (non-hydrogen) atoms. The maximum atomic E-state index is 11.7. The lowest BCUT2D eigenvalue weighted by Gasteiger charge is -2.44. The Hall–Kier alpha value is -2.21. The lowest BCUT2D eigenvalue weighted by atomic mass is 10.0. The van der Waals surface area contributed by atoms with Crippen LogP contribution in [0, 0.1) is 0 Å². The number of nitrogens with zero attached hydrogens (tertiary/aromatic N) is 3. The van der Waals surface area contributed by atoms with Crippen LogP contribution in [-0.4, -0.2) is 66.0 Å². The molecule has 0 aromatic heterocycles. The lowest BCUT2D eigenvalue weighted by molar-refractivity contribution is 0.0290. The number of carbonyl (C=O) groups excluding carboxylic acids is 1. The molecular weight excluding hydrogens is 398 g/mol. The summed E-state index contributed by atoms with van der Waals surface area (Å²) < 4.78 is 4.80. The van der Waals surface area contributed by atoms with Gasteiger partial charge in [-0.15, -0.1) is 0 Å². The molecule has 2 fully saturated rings. The van der Waals surface area contributed by atoms with Crippen LogP contribution in [-0.2, 0) is 24.4 Å². The normalized spacial score (nSPS) is 22.8. The maximum absolute atomic E-state index is 11.7. The standard InChI is InChI=1S/C27H37N3O2/c1-21-16-29(18-23-9-11-26(12-10-23)27(31)32-3)17-22(2)30(21)20-25-8-6-7-24(15-25)19-28-13-4-5-14-28/h6-12,15,21-22H,4-5,13-14,16-20H2,1-3H3/t21-,22+. The molecule has 5 heteroatoms. The second-order valence-electron chi connectivity index (χ2n) is 9.56. The number of benzene rings is 2. The van der Waals surface area contributed by atoms with Gasteiger partial charge in [0, 0.05) is 44.8 Å². The Labute approximate surface area is 193 Å². The van der Waals surface area contributed by atoms with Crippen molar-refractivity contribution in [1.29, 1.82) is 0 Å². The Morgan fingerprint density at radius 2 is 1.44 bits per heavy atom. The van der Waals surface area contributed by atoms with Gasteiger partial charge in [0.15, 0.2) is 0 Å². The van der Waals surface area contributed by atoms with Crippen molar-refractivity contribution in [2.24, 2.45) is 0 Å². The van der Waals surface area contributed by atoms with Gasteiger partial charge in [-0.3, -0.25) is 14.7 Å². The van der Waals surface area contributed by atoms with Crippen molar-refractivity contribution in [2.75, 3.05) is 33.3 Å². The summed E-state index contributed by atoms with van der Waals surface area (Å²) in [5.41, 5.74) is 4.71. The first-order chi connectivity index (χ1) is 15.5. The van der Waals surface area contributed by atoms with Crippen LogP contribution < -0.4 is 0 Å². The minimum atomic E-state index is -0.281. The number of hydrogen-bond acceptors (Lipinski definition) is 5. The van der Waals surface area contributed by atoms with Gasteiger partial charge in [0.1, 0.15) is 0 Å². The molecule has 0 radical (unpaired) electrons. The SMILES string of the molecule is COC(=O)c1ccc(CN2C[C@@H](C)N(Cc3cccc(CN4CCCC4)c3)[C@@H](C)C2)cc1. The Balaban J connectivity index is 1.33. The number of rotatable bonds is 7. The lowest BCUT2D eigenvalue weighted by Crippen LogP contribution is -2.55. The first-order valence-corrected chi connectivity index (χ1v) is 12.0. The van der Waals surface area contributed by atoms with Crippen LogP contribution in [0.25, 0.3) is 0 Å². The average Bonchev–Trinajstić information content (AvgIpc) is 3.29. The first-order valence-electron chi connectivity index (χ1n) is 12.0. The molecule has 2 aliphatic rings. The molecule has 2 saturated heterocycles. The van der Waals surface area contributed by atoms with Crippen LogP contribution in [0.15, 0.2) is 48.5 Å². The van der Waals surface area contributed by atoms with E-state index >= 15 is 0 Å². The largest absolute Gasteiger partial charge is 0.465 e. The molecule has 0 unspecified atom stereocenters. The van der Waals surface area contributed by atoms with Crippen molar-refractivity contribution >= 4 is 5.97 Å². The van der Waals surface area contributed by atoms with E-state index in [0.717, 1.165) is 32.7 Å². The Kier molecular flexibility index (Phi) is 7.61. The summed E-state index contributed by atoms with van der Waals surface area (Å²) in [6, 6.07) is 18.0. The maximum Gasteiger partial charge on any atom is 0.337 e. The highest BCUT2D eigenvalue weighted by Crippen LogP contribution is 2.22. The topological polar surface area (TPSA) is 36.0 Å². The number of likely N-dealkylation sites (tertiary alicyclic amines) is 1. The fraction of sp³-hybridized carbons (Fsp3) is 0.519. The van der Waals surface area contributed by atoms with E-state index in [1.54, 1.807) is 0 Å². The molecule has 2 atom stereocenters. The van der Waals surface area contributed by atoms with E-state index in [1.165, 1.54) is 49.7 Å². The quantitative estimate of drug-likeness (QED) is 0.610. The van der Waals surface area contributed by atoms with Crippen molar-refractivity contribution < 1.29 is 9.53 Å². The first kappa shape index (κ1) is 23.0. The fourth-order valence-corrected chi connectivity index (χ4v) is 5.27. The number of piperazine rings is 1. The Bertz CT molecular complexity index is 880. The van der Waals surface area contributed by atoms with E-state index in [-0.39, 0.29) is 5.97 Å². The number of carbonyl (C=O) groups is 1. The van der Waals surface area contributed by atoms with Gasteiger partial charge in [-0.2, -0.15) is 0 Å². The zero-order valence-corrected chi connectivity index (χ0v) is 19.8. The number of methoxy groups -OCH3 is 1. The van der Waals surface area contributed by atoms with Gasteiger partial charge in [0.2, 0.25) is 0 Å². The van der Waals surface area contributed by atoms with Crippen molar-refractivity contribution in [1.82, 2.24) is 14.7 Å². The van der Waals surface area contributed by atoms with E-state index in [0.29, 0.717) is 17.6 Å². The van der Waals surface area contributed by atoms with Gasteiger partial charge in [0.05, 0.1) is 12.7 Å². The summed E-state index contributed by atoms with van der Waals surface area (Å²) in [4.78, 5) is 19.4. The molecule has 0 bridgehead atoms. The molecular formula is C27H37N3O2. The van der Waals surface area contributed by atoms with E-state index in [1.807, 2.05) is 24.3 Å². The molecule has 2 aliphatic heterocycles. The highest BCUT2D eigenvalue weighted by Gasteiger charge is 2.29. The summed E-state index contributed by atoms with van der Waals surface area (Å²) in [5.74, 6) is -0.281. The van der Waals surface area contributed by atoms with Crippen LogP contribution in [0.4, 0.5) is 0 Å². The third kappa shape index (κ3) is 5.77. The molecule has 172 valence electrons. The van der Waals surface area contributed by atoms with Crippen LogP contribution in [0.1, 0.15) is 53.7 Å². The van der Waals surface area contributed by atoms with E-state index < -0.39 is 0 Å². The molecule has 0 amide bonds. The average molecular weight is 436 g/mol. The van der Waals surface area contributed by atoms with Gasteiger partial charge in [-0.25, -0.2) is 4.79 Å². The van der Waals surface area contributed by atoms with Crippen molar-refractivity contribution in [3.8, 4) is 0 Å². The predicted molar refractivity (Wildman–Crippen MR) is 128 cm³/mol. The second kappa shape index (κ2) is 10.6. The minimum Gasteiger partial charge on any atom is -0.465 e. The molecule has 2 heterocycles. The highest BCUT2D eigenvalue weighted by molar-refractivity contribution is 5.89. The van der Waals surface area contributed by atoms with Gasteiger partial charge in [0.25, 0.3) is 0 Å². The Morgan fingerprint density at radius 1 is 0.844 bits per heavy atom. The van der Waals surface area contributed by atoms with Gasteiger partial charge in [-0.1, -0.05) is 36.4 Å². The van der Waals surface area contributed by atoms with Crippen molar-refractivity contribution in [3.63, 3.8) is 0 Å². The summed E-state index contributed by atoms with van der Waals surface area (Å²) in [6.45, 7) is 12.3. The summed E-state index contributed by atoms with van der Waals surface area (Å²) in [6.07, 6.45) is 2.68. The highest BCUT2D eigenvalue weighted by atomic mass is 16.5. The van der Waals surface area contributed by atoms with Gasteiger partial charge >= 0.3 is 5.97 Å². The van der Waals surface area contributed by atoms with Gasteiger partial charge in [-0.05, 0) is 68.6 Å². The van der Waals surface area contributed by atoms with E-state index in [9.17, 15) is 4.79 Å². The molecule has 0 aliphatic carbocycles. The minimum absolute atomic E-state index is 0.281. The molecule has 5 nitrogen and oxygen atoms in total. The molecule has 0 saturated carbocycles. The monoisotopic (exact) mass is 435 g/mol. The van der Waals surface area contributed by atoms with Crippen LogP contribution in [0.3, 0.4) is 0 Å². The smallest absolute Gasteiger partial charge is 0.337 e. The zero-order chi connectivity index (χ0) is 22.5. The van der Waals surface area contributed by atoms with Crippen molar-refractivity contribution in [3.05, 3.63) is 70.8 Å². The van der Waals surface area contributed by atoms with Crippen LogP contribution in [0.5, 0.6) is 0 Å². The van der Waals surface area contributed by atoms with E-state index in [2.05, 4.69) is 52.8 Å². The van der Waals surface area contributed by atoms with Crippen molar-refractivity contribution in [2.45, 2.75) is 58.4 Å². The number of hydrogen-bond donors (Lipinski definition) is 0. The third-order valence-corrected chi connectivity index (χ3v) is 6.92. The number of esters is 1. The third-order valence-electron chi connectivity index (χ3n) is 6.92. The van der Waals surface area contributed by atoms with Crippen LogP contribution in [0.2, 0.25) is 0 Å². The molecule has 4 rings (SSSR count). The summed E-state index contributed by atoms with van der Waals surface area (Å²) in [7, 11) is 1.42. The number of ether oxygens (including phenoxy) is 1. The van der Waals surface area contributed by atoms with Gasteiger partial charge < -0.3 is 4.74 Å². The summed E-state index contributed by atoms with van der Waals surface area (Å²) in [5, 5.41) is 0. The molecule has 0 N–H and O–H groups in total. The van der Waals surface area contributed by atoms with E-state index in [4.69, 9.17) is 4.74 Å². The fourth-order valence-electron chi connectivity index (χ4n) is 5.27. The van der Waals surface area contributed by atoms with Crippen LogP contribution >= 0.6 is 0 Å².